The first kappa shape index (κ1) is 14.3. The molecule has 2 N–H and O–H groups in total. The molecule has 0 saturated carbocycles. The molecule has 0 aliphatic carbocycles. The molecule has 0 unspecified atom stereocenters. The molecule has 22 heavy (non-hydrogen) atoms. The summed E-state index contributed by atoms with van der Waals surface area (Å²) in [6, 6.07) is 2.39. The highest BCUT2D eigenvalue weighted by molar-refractivity contribution is 5.53. The maximum Gasteiger partial charge on any atom is 0.183 e. The molecular weight excluding hydrogens is 278 g/mol. The third kappa shape index (κ3) is 2.60. The van der Waals surface area contributed by atoms with Crippen molar-refractivity contribution in [2.75, 3.05) is 23.7 Å². The Kier molecular flexibility index (Phi) is 3.67. The van der Waals surface area contributed by atoms with Crippen LogP contribution >= 0.6 is 0 Å². The summed E-state index contributed by atoms with van der Waals surface area (Å²) >= 11 is 0. The largest absolute Gasteiger partial charge is 0.381 e. The van der Waals surface area contributed by atoms with Gasteiger partial charge < -0.3 is 10.6 Å². The number of nitrogens with two attached hydrogens (primary N) is 1. The van der Waals surface area contributed by atoms with Crippen molar-refractivity contribution in [3.05, 3.63) is 29.3 Å². The average molecular weight is 297 g/mol. The van der Waals surface area contributed by atoms with Crippen LogP contribution < -0.4 is 10.6 Å². The van der Waals surface area contributed by atoms with Crippen LogP contribution in [0.15, 0.2) is 12.4 Å². The van der Waals surface area contributed by atoms with Crippen molar-refractivity contribution in [1.82, 2.24) is 19.7 Å². The van der Waals surface area contributed by atoms with E-state index in [1.54, 1.807) is 0 Å². The summed E-state index contributed by atoms with van der Waals surface area (Å²) in [5.41, 5.74) is 7.92. The van der Waals surface area contributed by atoms with Crippen LogP contribution in [-0.2, 0) is 0 Å². The van der Waals surface area contributed by atoms with Gasteiger partial charge in [-0.2, -0.15) is 10.4 Å². The van der Waals surface area contributed by atoms with E-state index in [-0.39, 0.29) is 11.5 Å². The summed E-state index contributed by atoms with van der Waals surface area (Å²) in [6.45, 7) is 5.68. The molecule has 0 amide bonds. The number of aryl methyl sites for hydroxylation is 2. The van der Waals surface area contributed by atoms with Crippen LogP contribution in [0.2, 0.25) is 0 Å². The van der Waals surface area contributed by atoms with Gasteiger partial charge in [0, 0.05) is 19.3 Å². The van der Waals surface area contributed by atoms with Crippen LogP contribution in [0, 0.1) is 25.2 Å². The van der Waals surface area contributed by atoms with Crippen molar-refractivity contribution >= 4 is 11.6 Å². The summed E-state index contributed by atoms with van der Waals surface area (Å²) in [5.74, 6) is 0.986. The molecule has 0 atom stereocenters. The van der Waals surface area contributed by atoms with Gasteiger partial charge in [0.1, 0.15) is 6.07 Å². The Labute approximate surface area is 129 Å². The third-order valence-corrected chi connectivity index (χ3v) is 4.05. The van der Waals surface area contributed by atoms with Gasteiger partial charge in [-0.15, -0.1) is 0 Å². The Hall–Kier alpha value is -2.62. The molecule has 3 rings (SSSR count). The van der Waals surface area contributed by atoms with Crippen molar-refractivity contribution in [1.29, 1.82) is 5.26 Å². The Bertz CT molecular complexity index is 720. The molecule has 3 heterocycles. The van der Waals surface area contributed by atoms with E-state index in [2.05, 4.69) is 37.8 Å². The Balaban J connectivity index is 1.74. The second kappa shape index (κ2) is 5.64. The average Bonchev–Trinajstić information content (AvgIpc) is 2.96. The van der Waals surface area contributed by atoms with Gasteiger partial charge in [-0.05, 0) is 32.3 Å². The fourth-order valence-corrected chi connectivity index (χ4v) is 2.88. The highest BCUT2D eigenvalue weighted by Crippen LogP contribution is 2.27. The van der Waals surface area contributed by atoms with Gasteiger partial charge in [0.15, 0.2) is 17.3 Å². The number of rotatable bonds is 2. The molecule has 2 aromatic rings. The van der Waals surface area contributed by atoms with Gasteiger partial charge in [-0.1, -0.05) is 0 Å². The van der Waals surface area contributed by atoms with Gasteiger partial charge in [-0.3, -0.25) is 4.68 Å². The summed E-state index contributed by atoms with van der Waals surface area (Å²) in [6.07, 6.45) is 5.98. The van der Waals surface area contributed by atoms with Crippen LogP contribution in [0.3, 0.4) is 0 Å². The van der Waals surface area contributed by atoms with Gasteiger partial charge in [-0.25, -0.2) is 9.97 Å². The van der Waals surface area contributed by atoms with Gasteiger partial charge in [0.2, 0.25) is 0 Å². The summed E-state index contributed by atoms with van der Waals surface area (Å²) in [4.78, 5) is 10.8. The van der Waals surface area contributed by atoms with E-state index >= 15 is 0 Å². The predicted molar refractivity (Wildman–Crippen MR) is 83.3 cm³/mol. The second-order valence-electron chi connectivity index (χ2n) is 5.69. The lowest BCUT2D eigenvalue weighted by Gasteiger charge is -2.33. The maximum absolute atomic E-state index is 8.95. The van der Waals surface area contributed by atoms with E-state index in [4.69, 9.17) is 11.0 Å². The predicted octanol–water partition coefficient (Wildman–Crippen LogP) is 1.59. The molecule has 114 valence electrons. The number of nitrogens with zero attached hydrogens (tertiary/aromatic N) is 6. The van der Waals surface area contributed by atoms with Gasteiger partial charge in [0.25, 0.3) is 0 Å². The number of aromatic nitrogens is 4. The highest BCUT2D eigenvalue weighted by Gasteiger charge is 2.24. The Morgan fingerprint density at radius 1 is 1.27 bits per heavy atom. The summed E-state index contributed by atoms with van der Waals surface area (Å²) < 4.78 is 2.05. The lowest BCUT2D eigenvalue weighted by Crippen LogP contribution is -2.36. The molecule has 0 spiro atoms. The van der Waals surface area contributed by atoms with Crippen molar-refractivity contribution in [2.45, 2.75) is 32.7 Å². The minimum Gasteiger partial charge on any atom is -0.381 e. The number of piperidine rings is 1. The van der Waals surface area contributed by atoms with E-state index in [1.807, 2.05) is 19.2 Å². The van der Waals surface area contributed by atoms with Crippen molar-refractivity contribution in [3.63, 3.8) is 0 Å². The molecule has 7 heteroatoms. The van der Waals surface area contributed by atoms with E-state index in [0.29, 0.717) is 6.04 Å². The molecule has 7 nitrogen and oxygen atoms in total. The fourth-order valence-electron chi connectivity index (χ4n) is 2.88. The zero-order chi connectivity index (χ0) is 15.7. The van der Waals surface area contributed by atoms with Crippen LogP contribution in [0.5, 0.6) is 0 Å². The van der Waals surface area contributed by atoms with Gasteiger partial charge in [0.05, 0.1) is 17.9 Å². The number of hydrogen-bond donors (Lipinski definition) is 1. The standard InChI is InChI=1S/C15H19N7/c1-10-8-18-22(9-10)12-3-5-21(6-4-12)15-11(2)19-13(7-16)14(17)20-15/h8-9,12H,3-6H2,1-2H3,(H2,17,20). The highest BCUT2D eigenvalue weighted by atomic mass is 15.3. The molecule has 1 aliphatic heterocycles. The number of hydrogen-bond acceptors (Lipinski definition) is 6. The molecule has 0 aromatic carbocycles. The molecule has 2 aromatic heterocycles. The lowest BCUT2D eigenvalue weighted by molar-refractivity contribution is 0.365. The number of anilines is 2. The Morgan fingerprint density at radius 3 is 2.59 bits per heavy atom. The molecule has 1 saturated heterocycles. The fraction of sp³-hybridized carbons (Fsp3) is 0.467. The zero-order valence-electron chi connectivity index (χ0n) is 12.8. The number of nitriles is 1. The molecule has 0 radical (unpaired) electrons. The quantitative estimate of drug-likeness (QED) is 0.904. The third-order valence-electron chi connectivity index (χ3n) is 4.05. The monoisotopic (exact) mass is 297 g/mol. The first-order chi connectivity index (χ1) is 10.6. The molecule has 1 aliphatic rings. The van der Waals surface area contributed by atoms with Crippen LogP contribution in [0.1, 0.15) is 35.8 Å². The first-order valence-corrected chi connectivity index (χ1v) is 7.38. The van der Waals surface area contributed by atoms with E-state index in [1.165, 1.54) is 5.56 Å². The van der Waals surface area contributed by atoms with Crippen LogP contribution in [0.25, 0.3) is 0 Å². The van der Waals surface area contributed by atoms with Crippen molar-refractivity contribution in [3.8, 4) is 6.07 Å². The molecular formula is C15H19N7. The molecule has 0 bridgehead atoms. The smallest absolute Gasteiger partial charge is 0.183 e. The minimum atomic E-state index is 0.197. The van der Waals surface area contributed by atoms with Crippen molar-refractivity contribution in [2.24, 2.45) is 0 Å². The normalized spacial score (nSPS) is 15.8. The van der Waals surface area contributed by atoms with Gasteiger partial charge >= 0.3 is 0 Å². The topological polar surface area (TPSA) is 96.6 Å². The van der Waals surface area contributed by atoms with Crippen LogP contribution in [-0.4, -0.2) is 32.8 Å². The van der Waals surface area contributed by atoms with E-state index in [9.17, 15) is 0 Å². The lowest BCUT2D eigenvalue weighted by atomic mass is 10.1. The minimum absolute atomic E-state index is 0.197. The van der Waals surface area contributed by atoms with E-state index < -0.39 is 0 Å². The maximum atomic E-state index is 8.95. The molecule has 1 fully saturated rings. The SMILES string of the molecule is Cc1cnn(C2CCN(c3nc(N)c(C#N)nc3C)CC2)c1. The summed E-state index contributed by atoms with van der Waals surface area (Å²) in [7, 11) is 0. The summed E-state index contributed by atoms with van der Waals surface area (Å²) in [5, 5.41) is 13.4. The number of nitrogen functional groups attached to an aromatic ring is 1. The zero-order valence-corrected chi connectivity index (χ0v) is 12.8. The van der Waals surface area contributed by atoms with Crippen molar-refractivity contribution < 1.29 is 0 Å². The first-order valence-electron chi connectivity index (χ1n) is 7.38. The van der Waals surface area contributed by atoms with E-state index in [0.717, 1.165) is 37.4 Å². The van der Waals surface area contributed by atoms with Crippen LogP contribution in [0.4, 0.5) is 11.6 Å². The second-order valence-corrected chi connectivity index (χ2v) is 5.69. The Morgan fingerprint density at radius 2 is 2.00 bits per heavy atom.